The van der Waals surface area contributed by atoms with Crippen LogP contribution in [0.25, 0.3) is 0 Å². The Morgan fingerprint density at radius 2 is 2.04 bits per heavy atom. The van der Waals surface area contributed by atoms with Crippen molar-refractivity contribution in [2.45, 2.75) is 5.60 Å². The normalized spacial score (nSPS) is 16.0. The molecule has 0 spiro atoms. The molecule has 120 valence electrons. The summed E-state index contributed by atoms with van der Waals surface area (Å²) in [4.78, 5) is 16.5. The minimum Gasteiger partial charge on any atom is -0.508 e. The molecule has 1 fully saturated rings. The summed E-state index contributed by atoms with van der Waals surface area (Å²) >= 11 is 6.03. The van der Waals surface area contributed by atoms with Crippen LogP contribution in [0.4, 0.5) is 10.2 Å². The predicted molar refractivity (Wildman–Crippen MR) is 80.4 cm³/mol. The minimum absolute atomic E-state index is 0.0214. The number of β-amino-alcohol motifs (C(OH)–C–C–N with tert-alkyl or cyclic N) is 1. The Hall–Kier alpha value is -2.38. The van der Waals surface area contributed by atoms with E-state index >= 15 is 0 Å². The van der Waals surface area contributed by atoms with Crippen LogP contribution in [0.15, 0.2) is 30.5 Å². The largest absolute Gasteiger partial charge is 0.508 e. The maximum absolute atomic E-state index is 13.2. The van der Waals surface area contributed by atoms with Gasteiger partial charge >= 0.3 is 5.97 Å². The van der Waals surface area contributed by atoms with Gasteiger partial charge in [-0.3, -0.25) is 0 Å². The predicted octanol–water partition coefficient (Wildman–Crippen LogP) is 1.99. The number of pyridine rings is 1. The summed E-state index contributed by atoms with van der Waals surface area (Å²) in [7, 11) is 0. The van der Waals surface area contributed by atoms with Gasteiger partial charge < -0.3 is 20.2 Å². The Labute approximate surface area is 135 Å². The molecule has 0 amide bonds. The first-order chi connectivity index (χ1) is 10.8. The number of rotatable bonds is 3. The van der Waals surface area contributed by atoms with Gasteiger partial charge in [0.2, 0.25) is 0 Å². The zero-order valence-corrected chi connectivity index (χ0v) is 12.5. The highest BCUT2D eigenvalue weighted by atomic mass is 35.5. The SMILES string of the molecule is O=C(O)c1cc(F)cnc1N1CC(O)(c2ccc(O)cc2Cl)C1. The molecule has 1 aliphatic rings. The lowest BCUT2D eigenvalue weighted by Crippen LogP contribution is -2.60. The first kappa shape index (κ1) is 15.5. The van der Waals surface area contributed by atoms with Gasteiger partial charge in [0.15, 0.2) is 0 Å². The molecule has 6 nitrogen and oxygen atoms in total. The number of phenolic OH excluding ortho intramolecular Hbond substituents is 1. The van der Waals surface area contributed by atoms with E-state index in [0.717, 1.165) is 12.3 Å². The van der Waals surface area contributed by atoms with E-state index in [-0.39, 0.29) is 35.2 Å². The van der Waals surface area contributed by atoms with Gasteiger partial charge in [-0.2, -0.15) is 0 Å². The number of carbonyl (C=O) groups is 1. The topological polar surface area (TPSA) is 93.9 Å². The van der Waals surface area contributed by atoms with Crippen molar-refractivity contribution in [3.8, 4) is 5.75 Å². The van der Waals surface area contributed by atoms with Crippen LogP contribution in [0.5, 0.6) is 5.75 Å². The summed E-state index contributed by atoms with van der Waals surface area (Å²) in [6, 6.07) is 5.11. The number of phenols is 1. The van der Waals surface area contributed by atoms with E-state index in [1.807, 2.05) is 0 Å². The van der Waals surface area contributed by atoms with Gasteiger partial charge in [0, 0.05) is 5.56 Å². The third kappa shape index (κ3) is 2.69. The molecule has 1 aromatic carbocycles. The number of carboxylic acids is 1. The quantitative estimate of drug-likeness (QED) is 0.792. The summed E-state index contributed by atoms with van der Waals surface area (Å²) < 4.78 is 13.2. The molecular weight excluding hydrogens is 327 g/mol. The van der Waals surface area contributed by atoms with Crippen molar-refractivity contribution in [2.75, 3.05) is 18.0 Å². The van der Waals surface area contributed by atoms with Gasteiger partial charge in [0.25, 0.3) is 0 Å². The molecule has 1 saturated heterocycles. The molecule has 3 rings (SSSR count). The lowest BCUT2D eigenvalue weighted by Gasteiger charge is -2.48. The molecule has 23 heavy (non-hydrogen) atoms. The Morgan fingerprint density at radius 3 is 2.65 bits per heavy atom. The lowest BCUT2D eigenvalue weighted by atomic mass is 9.85. The van der Waals surface area contributed by atoms with Crippen molar-refractivity contribution in [2.24, 2.45) is 0 Å². The van der Waals surface area contributed by atoms with Crippen LogP contribution < -0.4 is 4.90 Å². The van der Waals surface area contributed by atoms with E-state index in [1.54, 1.807) is 0 Å². The van der Waals surface area contributed by atoms with Crippen LogP contribution >= 0.6 is 11.6 Å². The summed E-state index contributed by atoms with van der Waals surface area (Å²) in [5.74, 6) is -1.99. The third-order valence-corrected chi connectivity index (χ3v) is 4.03. The number of anilines is 1. The van der Waals surface area contributed by atoms with Crippen molar-refractivity contribution in [1.82, 2.24) is 4.98 Å². The Morgan fingerprint density at radius 1 is 1.35 bits per heavy atom. The zero-order valence-electron chi connectivity index (χ0n) is 11.7. The van der Waals surface area contributed by atoms with E-state index in [1.165, 1.54) is 23.1 Å². The molecule has 2 heterocycles. The molecule has 0 unspecified atom stereocenters. The van der Waals surface area contributed by atoms with E-state index in [9.17, 15) is 19.4 Å². The zero-order chi connectivity index (χ0) is 16.8. The summed E-state index contributed by atoms with van der Waals surface area (Å²) in [6.07, 6.45) is 0.923. The third-order valence-electron chi connectivity index (χ3n) is 3.72. The molecule has 1 aromatic heterocycles. The van der Waals surface area contributed by atoms with Crippen LogP contribution in [-0.2, 0) is 5.60 Å². The highest BCUT2D eigenvalue weighted by Gasteiger charge is 2.45. The number of nitrogens with zero attached hydrogens (tertiary/aromatic N) is 2. The average Bonchev–Trinajstić information content (AvgIpc) is 2.44. The molecule has 0 saturated carbocycles. The average molecular weight is 339 g/mol. The number of aromatic carboxylic acids is 1. The molecule has 0 radical (unpaired) electrons. The number of aliphatic hydroxyl groups is 1. The number of halogens is 2. The fourth-order valence-electron chi connectivity index (χ4n) is 2.63. The van der Waals surface area contributed by atoms with Crippen LogP contribution in [0, 0.1) is 5.82 Å². The summed E-state index contributed by atoms with van der Waals surface area (Å²) in [5.41, 5.74) is -1.15. The Bertz CT molecular complexity index is 793. The van der Waals surface area contributed by atoms with Crippen molar-refractivity contribution < 1.29 is 24.5 Å². The maximum atomic E-state index is 13.2. The molecule has 3 N–H and O–H groups in total. The summed E-state index contributed by atoms with van der Waals surface area (Å²) in [6.45, 7) is 0.104. The van der Waals surface area contributed by atoms with Crippen LogP contribution in [0.2, 0.25) is 5.02 Å². The van der Waals surface area contributed by atoms with Gasteiger partial charge in [0.1, 0.15) is 28.5 Å². The van der Waals surface area contributed by atoms with Gasteiger partial charge in [0.05, 0.1) is 24.3 Å². The molecule has 0 aliphatic carbocycles. The lowest BCUT2D eigenvalue weighted by molar-refractivity contribution is 0.00688. The second kappa shape index (κ2) is 5.36. The number of benzene rings is 1. The molecular formula is C15H12ClFN2O4. The van der Waals surface area contributed by atoms with Crippen LogP contribution in [0.3, 0.4) is 0 Å². The van der Waals surface area contributed by atoms with E-state index in [4.69, 9.17) is 16.7 Å². The number of hydrogen-bond donors (Lipinski definition) is 3. The first-order valence-electron chi connectivity index (χ1n) is 6.65. The number of aromatic nitrogens is 1. The van der Waals surface area contributed by atoms with Crippen molar-refractivity contribution >= 4 is 23.4 Å². The molecule has 8 heteroatoms. The number of aromatic hydroxyl groups is 1. The minimum atomic E-state index is -1.30. The van der Waals surface area contributed by atoms with Gasteiger partial charge in [-0.25, -0.2) is 14.2 Å². The van der Waals surface area contributed by atoms with Gasteiger partial charge in [-0.1, -0.05) is 17.7 Å². The molecule has 1 aliphatic heterocycles. The fourth-order valence-corrected chi connectivity index (χ4v) is 2.98. The highest BCUT2D eigenvalue weighted by molar-refractivity contribution is 6.31. The van der Waals surface area contributed by atoms with Gasteiger partial charge in [-0.15, -0.1) is 0 Å². The maximum Gasteiger partial charge on any atom is 0.339 e. The second-order valence-corrected chi connectivity index (χ2v) is 5.79. The van der Waals surface area contributed by atoms with E-state index < -0.39 is 17.4 Å². The second-order valence-electron chi connectivity index (χ2n) is 5.38. The number of hydrogen-bond acceptors (Lipinski definition) is 5. The van der Waals surface area contributed by atoms with Crippen molar-refractivity contribution in [1.29, 1.82) is 0 Å². The first-order valence-corrected chi connectivity index (χ1v) is 7.03. The summed E-state index contributed by atoms with van der Waals surface area (Å²) in [5, 5.41) is 29.3. The fraction of sp³-hybridized carbons (Fsp3) is 0.200. The Kier molecular flexibility index (Phi) is 3.62. The Balaban J connectivity index is 1.87. The standard InChI is InChI=1S/C15H12ClFN2O4/c16-12-4-9(20)1-2-11(12)15(23)6-19(7-15)13-10(14(21)22)3-8(17)5-18-13/h1-5,20,23H,6-7H2,(H,21,22). The monoisotopic (exact) mass is 338 g/mol. The van der Waals surface area contributed by atoms with E-state index in [0.29, 0.717) is 5.56 Å². The molecule has 0 bridgehead atoms. The smallest absolute Gasteiger partial charge is 0.339 e. The van der Waals surface area contributed by atoms with Crippen molar-refractivity contribution in [3.05, 3.63) is 52.4 Å². The highest BCUT2D eigenvalue weighted by Crippen LogP contribution is 2.39. The molecule has 0 atom stereocenters. The molecule has 2 aromatic rings. The van der Waals surface area contributed by atoms with Crippen molar-refractivity contribution in [3.63, 3.8) is 0 Å². The van der Waals surface area contributed by atoms with Crippen LogP contribution in [0.1, 0.15) is 15.9 Å². The van der Waals surface area contributed by atoms with Gasteiger partial charge in [-0.05, 0) is 18.2 Å². The van der Waals surface area contributed by atoms with Crippen LogP contribution in [-0.4, -0.2) is 39.4 Å². The number of carboxylic acid groups (broad SMARTS) is 1. The van der Waals surface area contributed by atoms with E-state index in [2.05, 4.69) is 4.98 Å².